The summed E-state index contributed by atoms with van der Waals surface area (Å²) in [4.78, 5) is 10.5. The maximum absolute atomic E-state index is 10.5. The standard InChI is InChI=1S/C7H10O3/c1-7(2,9)5-3-6(8)10-4-5/h3,9H,4H2,1-2H3. The Morgan fingerprint density at radius 3 is 2.50 bits per heavy atom. The van der Waals surface area contributed by atoms with E-state index in [1.165, 1.54) is 6.08 Å². The predicted molar refractivity (Wildman–Crippen MR) is 35.3 cm³/mol. The molecule has 0 saturated heterocycles. The summed E-state index contributed by atoms with van der Waals surface area (Å²) in [6.07, 6.45) is 1.33. The number of rotatable bonds is 1. The molecule has 0 atom stereocenters. The molecule has 56 valence electrons. The second kappa shape index (κ2) is 2.09. The number of esters is 1. The lowest BCUT2D eigenvalue weighted by Gasteiger charge is -2.16. The van der Waals surface area contributed by atoms with Crippen LogP contribution in [-0.4, -0.2) is 23.3 Å². The highest BCUT2D eigenvalue weighted by Gasteiger charge is 2.25. The third kappa shape index (κ3) is 1.36. The maximum atomic E-state index is 10.5. The molecule has 0 unspecified atom stereocenters. The number of hydrogen-bond acceptors (Lipinski definition) is 3. The van der Waals surface area contributed by atoms with Crippen molar-refractivity contribution in [3.05, 3.63) is 11.6 Å². The van der Waals surface area contributed by atoms with Crippen LogP contribution >= 0.6 is 0 Å². The highest BCUT2D eigenvalue weighted by Crippen LogP contribution is 2.19. The summed E-state index contributed by atoms with van der Waals surface area (Å²) in [5.74, 6) is -0.364. The van der Waals surface area contributed by atoms with E-state index >= 15 is 0 Å². The molecular formula is C7H10O3. The van der Waals surface area contributed by atoms with E-state index < -0.39 is 5.60 Å². The van der Waals surface area contributed by atoms with Crippen molar-refractivity contribution in [1.82, 2.24) is 0 Å². The van der Waals surface area contributed by atoms with Gasteiger partial charge in [-0.1, -0.05) is 0 Å². The van der Waals surface area contributed by atoms with E-state index in [1.54, 1.807) is 13.8 Å². The minimum absolute atomic E-state index is 0.225. The van der Waals surface area contributed by atoms with Crippen LogP contribution in [0, 0.1) is 0 Å². The number of carbonyl (C=O) groups is 1. The molecular weight excluding hydrogens is 132 g/mol. The molecule has 0 aromatic carbocycles. The van der Waals surface area contributed by atoms with Gasteiger partial charge in [-0.25, -0.2) is 4.79 Å². The SMILES string of the molecule is CC(C)(O)C1=CC(=O)OC1. The first kappa shape index (κ1) is 7.28. The molecule has 0 aliphatic carbocycles. The Hall–Kier alpha value is -0.830. The van der Waals surface area contributed by atoms with Crippen LogP contribution in [0.1, 0.15) is 13.8 Å². The van der Waals surface area contributed by atoms with Crippen LogP contribution in [0.5, 0.6) is 0 Å². The summed E-state index contributed by atoms with van der Waals surface area (Å²) >= 11 is 0. The largest absolute Gasteiger partial charge is 0.458 e. The van der Waals surface area contributed by atoms with Gasteiger partial charge in [0.2, 0.25) is 0 Å². The Morgan fingerprint density at radius 1 is 1.70 bits per heavy atom. The first-order valence-electron chi connectivity index (χ1n) is 3.10. The highest BCUT2D eigenvalue weighted by atomic mass is 16.5. The maximum Gasteiger partial charge on any atom is 0.331 e. The zero-order chi connectivity index (χ0) is 7.78. The van der Waals surface area contributed by atoms with Gasteiger partial charge in [0.1, 0.15) is 6.61 Å². The quantitative estimate of drug-likeness (QED) is 0.533. The van der Waals surface area contributed by atoms with Crippen molar-refractivity contribution in [2.75, 3.05) is 6.61 Å². The molecule has 1 aliphatic rings. The van der Waals surface area contributed by atoms with Gasteiger partial charge in [0.05, 0.1) is 5.60 Å². The first-order valence-corrected chi connectivity index (χ1v) is 3.10. The predicted octanol–water partition coefficient (Wildman–Crippen LogP) is 0.240. The second-order valence-electron chi connectivity index (χ2n) is 2.84. The fourth-order valence-electron chi connectivity index (χ4n) is 0.728. The van der Waals surface area contributed by atoms with E-state index in [4.69, 9.17) is 0 Å². The summed E-state index contributed by atoms with van der Waals surface area (Å²) in [6.45, 7) is 3.48. The van der Waals surface area contributed by atoms with Crippen LogP contribution in [0.15, 0.2) is 11.6 Å². The molecule has 0 saturated carbocycles. The van der Waals surface area contributed by atoms with Gasteiger partial charge >= 0.3 is 5.97 Å². The van der Waals surface area contributed by atoms with Crippen LogP contribution in [0.3, 0.4) is 0 Å². The first-order chi connectivity index (χ1) is 4.50. The van der Waals surface area contributed by atoms with Gasteiger partial charge in [-0.05, 0) is 13.8 Å². The minimum Gasteiger partial charge on any atom is -0.458 e. The normalized spacial score (nSPS) is 18.7. The van der Waals surface area contributed by atoms with Crippen molar-refractivity contribution in [2.45, 2.75) is 19.4 Å². The van der Waals surface area contributed by atoms with Gasteiger partial charge in [0.15, 0.2) is 0 Å². The average Bonchev–Trinajstić information content (AvgIpc) is 2.11. The lowest BCUT2D eigenvalue weighted by molar-refractivity contribution is -0.135. The van der Waals surface area contributed by atoms with Crippen LogP contribution in [0.4, 0.5) is 0 Å². The van der Waals surface area contributed by atoms with Gasteiger partial charge in [-0.2, -0.15) is 0 Å². The molecule has 1 rings (SSSR count). The average molecular weight is 142 g/mol. The molecule has 3 heteroatoms. The van der Waals surface area contributed by atoms with Gasteiger partial charge in [0, 0.05) is 11.6 Å². The summed E-state index contributed by atoms with van der Waals surface area (Å²) in [5.41, 5.74) is -0.288. The van der Waals surface area contributed by atoms with Gasteiger partial charge in [-0.15, -0.1) is 0 Å². The number of aliphatic hydroxyl groups is 1. The van der Waals surface area contributed by atoms with Gasteiger partial charge in [-0.3, -0.25) is 0 Å². The fourth-order valence-corrected chi connectivity index (χ4v) is 0.728. The number of cyclic esters (lactones) is 1. The molecule has 1 aliphatic heterocycles. The lowest BCUT2D eigenvalue weighted by atomic mass is 10.00. The van der Waals surface area contributed by atoms with E-state index in [-0.39, 0.29) is 12.6 Å². The molecule has 3 nitrogen and oxygen atoms in total. The number of ether oxygens (including phenoxy) is 1. The zero-order valence-electron chi connectivity index (χ0n) is 6.05. The van der Waals surface area contributed by atoms with Gasteiger partial charge < -0.3 is 9.84 Å². The van der Waals surface area contributed by atoms with Crippen molar-refractivity contribution in [2.24, 2.45) is 0 Å². The fraction of sp³-hybridized carbons (Fsp3) is 0.571. The molecule has 0 spiro atoms. The second-order valence-corrected chi connectivity index (χ2v) is 2.84. The molecule has 0 amide bonds. The minimum atomic E-state index is -0.924. The van der Waals surface area contributed by atoms with Crippen molar-refractivity contribution in [1.29, 1.82) is 0 Å². The molecule has 0 aromatic rings. The summed E-state index contributed by atoms with van der Waals surface area (Å²) in [5, 5.41) is 9.33. The van der Waals surface area contributed by atoms with Crippen molar-refractivity contribution in [3.8, 4) is 0 Å². The van der Waals surface area contributed by atoms with Crippen molar-refractivity contribution < 1.29 is 14.6 Å². The van der Waals surface area contributed by atoms with E-state index in [0.29, 0.717) is 5.57 Å². The third-order valence-electron chi connectivity index (χ3n) is 1.45. The van der Waals surface area contributed by atoms with Crippen molar-refractivity contribution in [3.63, 3.8) is 0 Å². The van der Waals surface area contributed by atoms with Crippen LogP contribution in [0.25, 0.3) is 0 Å². The molecule has 0 fully saturated rings. The van der Waals surface area contributed by atoms with Crippen LogP contribution < -0.4 is 0 Å². The monoisotopic (exact) mass is 142 g/mol. The van der Waals surface area contributed by atoms with Crippen LogP contribution in [0.2, 0.25) is 0 Å². The molecule has 0 radical (unpaired) electrons. The van der Waals surface area contributed by atoms with E-state index in [0.717, 1.165) is 0 Å². The molecule has 1 N–H and O–H groups in total. The lowest BCUT2D eigenvalue weighted by Crippen LogP contribution is -2.22. The van der Waals surface area contributed by atoms with E-state index in [1.807, 2.05) is 0 Å². The van der Waals surface area contributed by atoms with E-state index in [9.17, 15) is 9.90 Å². The summed E-state index contributed by atoms with van der Waals surface area (Å²) < 4.78 is 4.60. The molecule has 0 bridgehead atoms. The Kier molecular flexibility index (Phi) is 1.52. The molecule has 0 aromatic heterocycles. The Morgan fingerprint density at radius 2 is 2.30 bits per heavy atom. The summed E-state index contributed by atoms with van der Waals surface area (Å²) in [7, 11) is 0. The molecule has 10 heavy (non-hydrogen) atoms. The number of hydrogen-bond donors (Lipinski definition) is 1. The van der Waals surface area contributed by atoms with Crippen molar-refractivity contribution >= 4 is 5.97 Å². The van der Waals surface area contributed by atoms with Crippen LogP contribution in [-0.2, 0) is 9.53 Å². The Balaban J connectivity index is 2.76. The Labute approximate surface area is 59.3 Å². The smallest absolute Gasteiger partial charge is 0.331 e. The zero-order valence-corrected chi connectivity index (χ0v) is 6.05. The third-order valence-corrected chi connectivity index (χ3v) is 1.45. The topological polar surface area (TPSA) is 46.5 Å². The molecule has 1 heterocycles. The number of carbonyl (C=O) groups excluding carboxylic acids is 1. The summed E-state index contributed by atoms with van der Waals surface area (Å²) in [6, 6.07) is 0. The highest BCUT2D eigenvalue weighted by molar-refractivity contribution is 5.85. The van der Waals surface area contributed by atoms with E-state index in [2.05, 4.69) is 4.74 Å². The van der Waals surface area contributed by atoms with Gasteiger partial charge in [0.25, 0.3) is 0 Å². The Bertz CT molecular complexity index is 186.